The first kappa shape index (κ1) is 19.0. The maximum Gasteiger partial charge on any atom is 0.195 e. The lowest BCUT2D eigenvalue weighted by atomic mass is 10.2. The number of unbranched alkanes of at least 4 members (excludes halogenated alkanes) is 2. The molecule has 0 saturated carbocycles. The van der Waals surface area contributed by atoms with Gasteiger partial charge < -0.3 is 10.2 Å². The summed E-state index contributed by atoms with van der Waals surface area (Å²) >= 11 is 0. The third-order valence-electron chi connectivity index (χ3n) is 4.31. The van der Waals surface area contributed by atoms with Crippen LogP contribution in [0.1, 0.15) is 26.2 Å². The standard InChI is InChI=1S/C16H24N4O2S.ClH/c1-2-3-4-12-23(21,22)16-15-13(18-19-16)6-5-7-14(15)20-10-8-17-9-11-20;/h5-7,17H,2-4,8-12H2,1H3,(H,18,19);1H. The second-order valence-electron chi connectivity index (χ2n) is 5.99. The monoisotopic (exact) mass is 372 g/mol. The molecule has 2 aromatic rings. The topological polar surface area (TPSA) is 78.1 Å². The van der Waals surface area contributed by atoms with Crippen molar-refractivity contribution >= 4 is 38.8 Å². The molecular weight excluding hydrogens is 348 g/mol. The molecule has 0 aliphatic carbocycles. The number of nitrogens with one attached hydrogen (secondary N) is 2. The van der Waals surface area contributed by atoms with Crippen LogP contribution in [0.2, 0.25) is 0 Å². The largest absolute Gasteiger partial charge is 0.368 e. The van der Waals surface area contributed by atoms with Crippen LogP contribution in [0.25, 0.3) is 10.9 Å². The predicted molar refractivity (Wildman–Crippen MR) is 100 cm³/mol. The Balaban J connectivity index is 0.00000208. The molecule has 0 spiro atoms. The van der Waals surface area contributed by atoms with Crippen LogP contribution in [0.3, 0.4) is 0 Å². The Morgan fingerprint density at radius 3 is 2.67 bits per heavy atom. The molecule has 0 atom stereocenters. The van der Waals surface area contributed by atoms with Crippen LogP contribution in [0, 0.1) is 0 Å². The summed E-state index contributed by atoms with van der Waals surface area (Å²) in [6.45, 7) is 5.64. The van der Waals surface area contributed by atoms with Crippen molar-refractivity contribution < 1.29 is 8.42 Å². The van der Waals surface area contributed by atoms with Crippen LogP contribution in [-0.2, 0) is 9.84 Å². The lowest BCUT2D eigenvalue weighted by molar-refractivity contribution is 0.586. The van der Waals surface area contributed by atoms with Crippen molar-refractivity contribution in [1.82, 2.24) is 15.5 Å². The summed E-state index contributed by atoms with van der Waals surface area (Å²) in [6.07, 6.45) is 2.62. The van der Waals surface area contributed by atoms with Gasteiger partial charge >= 0.3 is 0 Å². The molecule has 0 amide bonds. The van der Waals surface area contributed by atoms with Crippen molar-refractivity contribution in [3.8, 4) is 0 Å². The van der Waals surface area contributed by atoms with Gasteiger partial charge in [-0.1, -0.05) is 25.8 Å². The van der Waals surface area contributed by atoms with Gasteiger partial charge in [-0.05, 0) is 18.6 Å². The van der Waals surface area contributed by atoms with Gasteiger partial charge in [-0.15, -0.1) is 12.4 Å². The average molecular weight is 373 g/mol. The van der Waals surface area contributed by atoms with Crippen molar-refractivity contribution in [2.75, 3.05) is 36.8 Å². The van der Waals surface area contributed by atoms with Crippen LogP contribution in [0.5, 0.6) is 0 Å². The lowest BCUT2D eigenvalue weighted by Gasteiger charge is -2.30. The molecule has 1 aromatic heterocycles. The second kappa shape index (κ2) is 8.18. The number of hydrogen-bond donors (Lipinski definition) is 2. The fraction of sp³-hybridized carbons (Fsp3) is 0.562. The summed E-state index contributed by atoms with van der Waals surface area (Å²) in [6, 6.07) is 5.80. The number of halogens is 1. The van der Waals surface area contributed by atoms with Crippen molar-refractivity contribution in [3.05, 3.63) is 18.2 Å². The van der Waals surface area contributed by atoms with Gasteiger partial charge in [0, 0.05) is 31.9 Å². The quantitative estimate of drug-likeness (QED) is 0.761. The summed E-state index contributed by atoms with van der Waals surface area (Å²) in [5, 5.41) is 11.3. The number of nitrogens with zero attached hydrogens (tertiary/aromatic N) is 2. The van der Waals surface area contributed by atoms with Gasteiger partial charge in [0.2, 0.25) is 0 Å². The molecule has 6 nitrogen and oxygen atoms in total. The van der Waals surface area contributed by atoms with E-state index in [1.165, 1.54) is 0 Å². The highest BCUT2D eigenvalue weighted by Gasteiger charge is 2.24. The van der Waals surface area contributed by atoms with Crippen LogP contribution in [0.15, 0.2) is 23.2 Å². The Bertz CT molecular complexity index is 769. The number of anilines is 1. The average Bonchev–Trinajstić information content (AvgIpc) is 3.01. The van der Waals surface area contributed by atoms with E-state index in [1.807, 2.05) is 18.2 Å². The summed E-state index contributed by atoms with van der Waals surface area (Å²) in [5.74, 6) is 0.175. The molecule has 2 N–H and O–H groups in total. The summed E-state index contributed by atoms with van der Waals surface area (Å²) in [5.41, 5.74) is 1.68. The molecule has 1 saturated heterocycles. The summed E-state index contributed by atoms with van der Waals surface area (Å²) < 4.78 is 25.4. The Labute approximate surface area is 149 Å². The van der Waals surface area contributed by atoms with E-state index in [0.29, 0.717) is 6.42 Å². The number of fused-ring (bicyclic) bond motifs is 1. The third kappa shape index (κ3) is 3.84. The van der Waals surface area contributed by atoms with E-state index < -0.39 is 9.84 Å². The number of aromatic nitrogens is 2. The Morgan fingerprint density at radius 1 is 1.21 bits per heavy atom. The van der Waals surface area contributed by atoms with Crippen LogP contribution >= 0.6 is 12.4 Å². The van der Waals surface area contributed by atoms with Gasteiger partial charge in [-0.2, -0.15) is 5.10 Å². The Morgan fingerprint density at radius 2 is 1.96 bits per heavy atom. The van der Waals surface area contributed by atoms with Crippen LogP contribution < -0.4 is 10.2 Å². The molecule has 8 heteroatoms. The first-order chi connectivity index (χ1) is 11.1. The smallest absolute Gasteiger partial charge is 0.195 e. The van der Waals surface area contributed by atoms with Crippen molar-refractivity contribution in [3.63, 3.8) is 0 Å². The van der Waals surface area contributed by atoms with Crippen molar-refractivity contribution in [1.29, 1.82) is 0 Å². The maximum atomic E-state index is 12.7. The molecule has 0 unspecified atom stereocenters. The molecule has 134 valence electrons. The fourth-order valence-corrected chi connectivity index (χ4v) is 4.55. The minimum Gasteiger partial charge on any atom is -0.368 e. The number of piperazine rings is 1. The van der Waals surface area contributed by atoms with Crippen LogP contribution in [-0.4, -0.2) is 50.5 Å². The van der Waals surface area contributed by atoms with E-state index in [0.717, 1.165) is 55.6 Å². The first-order valence-corrected chi connectivity index (χ1v) is 9.94. The third-order valence-corrected chi connectivity index (χ3v) is 6.05. The number of aromatic amines is 1. The van der Waals surface area contributed by atoms with Gasteiger partial charge in [-0.3, -0.25) is 5.10 Å². The molecule has 1 aromatic carbocycles. The Kier molecular flexibility index (Phi) is 6.48. The zero-order valence-corrected chi connectivity index (χ0v) is 15.5. The molecule has 0 radical (unpaired) electrons. The highest BCUT2D eigenvalue weighted by Crippen LogP contribution is 2.31. The highest BCUT2D eigenvalue weighted by atomic mass is 35.5. The highest BCUT2D eigenvalue weighted by molar-refractivity contribution is 7.91. The molecule has 1 fully saturated rings. The van der Waals surface area contributed by atoms with E-state index in [4.69, 9.17) is 0 Å². The van der Waals surface area contributed by atoms with E-state index in [9.17, 15) is 8.42 Å². The predicted octanol–water partition coefficient (Wildman–Crippen LogP) is 2.36. The molecule has 1 aliphatic rings. The minimum atomic E-state index is -3.34. The Hall–Kier alpha value is -1.31. The van der Waals surface area contributed by atoms with Gasteiger partial charge in [0.15, 0.2) is 14.9 Å². The van der Waals surface area contributed by atoms with E-state index in [-0.39, 0.29) is 23.2 Å². The van der Waals surface area contributed by atoms with Gasteiger partial charge in [0.05, 0.1) is 16.7 Å². The van der Waals surface area contributed by atoms with E-state index in [1.54, 1.807) is 0 Å². The zero-order chi connectivity index (χ0) is 16.3. The molecule has 1 aliphatic heterocycles. The fourth-order valence-electron chi connectivity index (χ4n) is 3.06. The maximum absolute atomic E-state index is 12.7. The van der Waals surface area contributed by atoms with Gasteiger partial charge in [0.25, 0.3) is 0 Å². The molecule has 24 heavy (non-hydrogen) atoms. The molecule has 2 heterocycles. The molecule has 3 rings (SSSR count). The minimum absolute atomic E-state index is 0. The second-order valence-corrected chi connectivity index (χ2v) is 8.03. The number of hydrogen-bond acceptors (Lipinski definition) is 5. The zero-order valence-electron chi connectivity index (χ0n) is 13.9. The SMILES string of the molecule is CCCCCS(=O)(=O)c1[nH]nc2cccc(N3CCNCC3)c12.Cl. The van der Waals surface area contributed by atoms with E-state index >= 15 is 0 Å². The molecule has 0 bridgehead atoms. The number of benzene rings is 1. The summed E-state index contributed by atoms with van der Waals surface area (Å²) in [4.78, 5) is 2.24. The molecular formula is C16H25ClN4O2S. The number of rotatable bonds is 6. The normalized spacial score (nSPS) is 15.5. The number of H-pyrrole nitrogens is 1. The van der Waals surface area contributed by atoms with Gasteiger partial charge in [-0.25, -0.2) is 8.42 Å². The first-order valence-electron chi connectivity index (χ1n) is 8.29. The van der Waals surface area contributed by atoms with Gasteiger partial charge in [0.1, 0.15) is 0 Å². The van der Waals surface area contributed by atoms with E-state index in [2.05, 4.69) is 27.3 Å². The van der Waals surface area contributed by atoms with Crippen molar-refractivity contribution in [2.24, 2.45) is 0 Å². The summed E-state index contributed by atoms with van der Waals surface area (Å²) in [7, 11) is -3.34. The van der Waals surface area contributed by atoms with Crippen LogP contribution in [0.4, 0.5) is 5.69 Å². The number of sulfone groups is 1. The van der Waals surface area contributed by atoms with Crippen molar-refractivity contribution in [2.45, 2.75) is 31.2 Å². The lowest BCUT2D eigenvalue weighted by Crippen LogP contribution is -2.43.